The van der Waals surface area contributed by atoms with Crippen molar-refractivity contribution in [2.45, 2.75) is 13.3 Å². The zero-order valence-corrected chi connectivity index (χ0v) is 7.52. The lowest BCUT2D eigenvalue weighted by Crippen LogP contribution is -2.41. The fourth-order valence-electron chi connectivity index (χ4n) is 1.31. The molecular weight excluding hydrogens is 175 g/mol. The molecule has 1 heterocycles. The fourth-order valence-corrected chi connectivity index (χ4v) is 1.31. The maximum atomic E-state index is 11.7. The lowest BCUT2D eigenvalue weighted by atomic mass is 9.88. The van der Waals surface area contributed by atoms with Gasteiger partial charge in [-0.3, -0.25) is 9.59 Å². The number of alkyl halides is 1. The molecule has 1 fully saturated rings. The molecule has 0 spiro atoms. The monoisotopic (exact) mass is 188 g/mol. The van der Waals surface area contributed by atoms with Crippen LogP contribution in [0.4, 0.5) is 4.39 Å². The highest BCUT2D eigenvalue weighted by Crippen LogP contribution is 2.24. The number of carbonyl (C=O) groups excluding carboxylic acids is 2. The predicted molar refractivity (Wildman–Crippen MR) is 44.7 cm³/mol. The van der Waals surface area contributed by atoms with Crippen LogP contribution < -0.4 is 10.6 Å². The fraction of sp³-hybridized carbons (Fsp3) is 0.750. The standard InChI is InChI=1S/C8H13FN2O2/c1-8(4-6(12)11-5-8)7(13)10-3-2-9/h2-5H2,1H3,(H,10,13)(H,11,12). The van der Waals surface area contributed by atoms with Crippen LogP contribution in [-0.4, -0.2) is 31.6 Å². The second kappa shape index (κ2) is 3.72. The predicted octanol–water partition coefficient (Wildman–Crippen LogP) is -0.402. The molecule has 1 rings (SSSR count). The van der Waals surface area contributed by atoms with Crippen LogP contribution in [0.1, 0.15) is 13.3 Å². The molecule has 0 saturated carbocycles. The summed E-state index contributed by atoms with van der Waals surface area (Å²) in [5.41, 5.74) is -0.702. The molecule has 2 N–H and O–H groups in total. The summed E-state index contributed by atoms with van der Waals surface area (Å²) >= 11 is 0. The van der Waals surface area contributed by atoms with Gasteiger partial charge in [0, 0.05) is 19.5 Å². The van der Waals surface area contributed by atoms with Crippen LogP contribution in [0.3, 0.4) is 0 Å². The van der Waals surface area contributed by atoms with Gasteiger partial charge in [0.2, 0.25) is 11.8 Å². The van der Waals surface area contributed by atoms with Crippen LogP contribution in [0.25, 0.3) is 0 Å². The van der Waals surface area contributed by atoms with E-state index in [1.165, 1.54) is 0 Å². The normalized spacial score (nSPS) is 27.1. The van der Waals surface area contributed by atoms with Crippen LogP contribution >= 0.6 is 0 Å². The summed E-state index contributed by atoms with van der Waals surface area (Å²) in [6.45, 7) is 1.47. The van der Waals surface area contributed by atoms with Gasteiger partial charge in [0.1, 0.15) is 6.67 Å². The number of hydrogen-bond acceptors (Lipinski definition) is 2. The van der Waals surface area contributed by atoms with Crippen molar-refractivity contribution >= 4 is 11.8 Å². The molecule has 0 bridgehead atoms. The smallest absolute Gasteiger partial charge is 0.228 e. The Morgan fingerprint density at radius 1 is 1.77 bits per heavy atom. The van der Waals surface area contributed by atoms with Crippen molar-refractivity contribution in [3.05, 3.63) is 0 Å². The maximum Gasteiger partial charge on any atom is 0.228 e. The highest BCUT2D eigenvalue weighted by atomic mass is 19.1. The molecule has 13 heavy (non-hydrogen) atoms. The Labute approximate surface area is 75.9 Å². The van der Waals surface area contributed by atoms with Crippen LogP contribution in [0, 0.1) is 5.41 Å². The average molecular weight is 188 g/mol. The summed E-state index contributed by atoms with van der Waals surface area (Å²) in [6.07, 6.45) is 0.186. The first-order valence-corrected chi connectivity index (χ1v) is 4.19. The van der Waals surface area contributed by atoms with Gasteiger partial charge in [0.05, 0.1) is 5.41 Å². The third-order valence-electron chi connectivity index (χ3n) is 2.15. The molecule has 0 aromatic heterocycles. The minimum atomic E-state index is -0.702. The number of nitrogens with one attached hydrogen (secondary N) is 2. The Kier molecular flexibility index (Phi) is 2.85. The lowest BCUT2D eigenvalue weighted by molar-refractivity contribution is -0.131. The van der Waals surface area contributed by atoms with Crippen LogP contribution in [0.2, 0.25) is 0 Å². The minimum Gasteiger partial charge on any atom is -0.355 e. The van der Waals surface area contributed by atoms with Crippen molar-refractivity contribution < 1.29 is 14.0 Å². The molecule has 1 aliphatic heterocycles. The van der Waals surface area contributed by atoms with Crippen molar-refractivity contribution in [3.63, 3.8) is 0 Å². The SMILES string of the molecule is CC1(C(=O)NCCF)CNC(=O)C1. The highest BCUT2D eigenvalue weighted by molar-refractivity contribution is 5.92. The molecule has 5 heteroatoms. The number of carbonyl (C=O) groups is 2. The van der Waals surface area contributed by atoms with Gasteiger partial charge in [0.25, 0.3) is 0 Å². The van der Waals surface area contributed by atoms with Crippen molar-refractivity contribution in [1.82, 2.24) is 10.6 Å². The van der Waals surface area contributed by atoms with Gasteiger partial charge in [-0.2, -0.15) is 0 Å². The van der Waals surface area contributed by atoms with Gasteiger partial charge in [-0.05, 0) is 6.92 Å². The van der Waals surface area contributed by atoms with E-state index in [0.717, 1.165) is 0 Å². The summed E-state index contributed by atoms with van der Waals surface area (Å²) in [4.78, 5) is 22.3. The van der Waals surface area contributed by atoms with E-state index in [0.29, 0.717) is 6.54 Å². The maximum absolute atomic E-state index is 11.7. The topological polar surface area (TPSA) is 58.2 Å². The number of hydrogen-bond donors (Lipinski definition) is 2. The largest absolute Gasteiger partial charge is 0.355 e. The van der Waals surface area contributed by atoms with E-state index in [2.05, 4.69) is 10.6 Å². The molecule has 4 nitrogen and oxygen atoms in total. The van der Waals surface area contributed by atoms with E-state index >= 15 is 0 Å². The van der Waals surface area contributed by atoms with Crippen LogP contribution in [0.15, 0.2) is 0 Å². The van der Waals surface area contributed by atoms with Crippen molar-refractivity contribution in [3.8, 4) is 0 Å². The quantitative estimate of drug-likeness (QED) is 0.633. The summed E-state index contributed by atoms with van der Waals surface area (Å²) in [5, 5.41) is 5.00. The molecule has 0 radical (unpaired) electrons. The van der Waals surface area contributed by atoms with E-state index in [-0.39, 0.29) is 24.8 Å². The molecule has 1 aliphatic rings. The van der Waals surface area contributed by atoms with Gasteiger partial charge in [0.15, 0.2) is 0 Å². The molecule has 1 atom stereocenters. The third kappa shape index (κ3) is 2.17. The third-order valence-corrected chi connectivity index (χ3v) is 2.15. The van der Waals surface area contributed by atoms with E-state index in [9.17, 15) is 14.0 Å². The summed E-state index contributed by atoms with van der Waals surface area (Å²) in [5.74, 6) is -0.388. The first kappa shape index (κ1) is 9.95. The van der Waals surface area contributed by atoms with Crippen LogP contribution in [0.5, 0.6) is 0 Å². The second-order valence-corrected chi connectivity index (χ2v) is 3.46. The molecule has 0 aromatic carbocycles. The molecule has 0 aliphatic carbocycles. The summed E-state index contributed by atoms with van der Waals surface area (Å²) in [6, 6.07) is 0. The zero-order chi connectivity index (χ0) is 9.90. The van der Waals surface area contributed by atoms with Crippen molar-refractivity contribution in [1.29, 1.82) is 0 Å². The molecule has 2 amide bonds. The minimum absolute atomic E-state index is 0.0165. The number of rotatable bonds is 3. The number of halogens is 1. The van der Waals surface area contributed by atoms with Gasteiger partial charge in [-0.25, -0.2) is 4.39 Å². The van der Waals surface area contributed by atoms with Gasteiger partial charge >= 0.3 is 0 Å². The molecule has 0 aromatic rings. The Bertz CT molecular complexity index is 232. The van der Waals surface area contributed by atoms with E-state index < -0.39 is 12.1 Å². The molecular formula is C8H13FN2O2. The Morgan fingerprint density at radius 3 is 2.92 bits per heavy atom. The Hall–Kier alpha value is -1.13. The molecule has 1 unspecified atom stereocenters. The van der Waals surface area contributed by atoms with E-state index in [4.69, 9.17) is 0 Å². The summed E-state index contributed by atoms with van der Waals surface area (Å²) in [7, 11) is 0. The van der Waals surface area contributed by atoms with E-state index in [1.54, 1.807) is 6.92 Å². The first-order chi connectivity index (χ1) is 6.08. The van der Waals surface area contributed by atoms with Crippen molar-refractivity contribution in [2.75, 3.05) is 19.8 Å². The zero-order valence-electron chi connectivity index (χ0n) is 7.52. The lowest BCUT2D eigenvalue weighted by Gasteiger charge is -2.19. The first-order valence-electron chi connectivity index (χ1n) is 4.19. The number of amides is 2. The molecule has 74 valence electrons. The van der Waals surface area contributed by atoms with Crippen LogP contribution in [-0.2, 0) is 9.59 Å². The second-order valence-electron chi connectivity index (χ2n) is 3.46. The average Bonchev–Trinajstić information content (AvgIpc) is 2.43. The van der Waals surface area contributed by atoms with Gasteiger partial charge < -0.3 is 10.6 Å². The molecule has 1 saturated heterocycles. The van der Waals surface area contributed by atoms with Gasteiger partial charge in [-0.1, -0.05) is 0 Å². The summed E-state index contributed by atoms with van der Waals surface area (Å²) < 4.78 is 11.7. The van der Waals surface area contributed by atoms with E-state index in [1.807, 2.05) is 0 Å². The Balaban J connectivity index is 2.50. The van der Waals surface area contributed by atoms with Crippen molar-refractivity contribution in [2.24, 2.45) is 5.41 Å². The van der Waals surface area contributed by atoms with Gasteiger partial charge in [-0.15, -0.1) is 0 Å². The Morgan fingerprint density at radius 2 is 2.46 bits per heavy atom. The highest BCUT2D eigenvalue weighted by Gasteiger charge is 2.40.